The van der Waals surface area contributed by atoms with Crippen LogP contribution in [0.15, 0.2) is 11.8 Å². The summed E-state index contributed by atoms with van der Waals surface area (Å²) < 4.78 is 5.51. The smallest absolute Gasteiger partial charge is 0.203 e. The van der Waals surface area contributed by atoms with Crippen LogP contribution >= 0.6 is 0 Å². The Morgan fingerprint density at radius 2 is 2.25 bits per heavy atom. The Morgan fingerprint density at radius 3 is 2.81 bits per heavy atom. The van der Waals surface area contributed by atoms with Crippen LogP contribution in [0.1, 0.15) is 39.0 Å². The average Bonchev–Trinajstić information content (AvgIpc) is 2.39. The van der Waals surface area contributed by atoms with Gasteiger partial charge in [-0.2, -0.15) is 0 Å². The van der Waals surface area contributed by atoms with Crippen LogP contribution < -0.4 is 5.32 Å². The predicted octanol–water partition coefficient (Wildman–Crippen LogP) is 2.03. The molecule has 0 aromatic heterocycles. The summed E-state index contributed by atoms with van der Waals surface area (Å²) in [7, 11) is 0. The lowest BCUT2D eigenvalue weighted by Crippen LogP contribution is -2.43. The Labute approximate surface area is 97.2 Å². The third-order valence-electron chi connectivity index (χ3n) is 3.88. The molecular formula is C13H21NO2. The highest BCUT2D eigenvalue weighted by Gasteiger charge is 2.40. The summed E-state index contributed by atoms with van der Waals surface area (Å²) in [5, 5.41) is 3.32. The van der Waals surface area contributed by atoms with Gasteiger partial charge in [0.25, 0.3) is 0 Å². The predicted molar refractivity (Wildman–Crippen MR) is 63.1 cm³/mol. The summed E-state index contributed by atoms with van der Waals surface area (Å²) in [5.74, 6) is 0.881. The fourth-order valence-corrected chi connectivity index (χ4v) is 2.62. The number of rotatable bonds is 3. The molecule has 1 saturated heterocycles. The first-order chi connectivity index (χ1) is 7.78. The average molecular weight is 223 g/mol. The first-order valence-corrected chi connectivity index (χ1v) is 6.37. The van der Waals surface area contributed by atoms with Gasteiger partial charge in [-0.15, -0.1) is 0 Å². The van der Waals surface area contributed by atoms with E-state index in [0.717, 1.165) is 45.2 Å². The molecule has 0 saturated carbocycles. The van der Waals surface area contributed by atoms with Gasteiger partial charge in [0.1, 0.15) is 0 Å². The van der Waals surface area contributed by atoms with Crippen LogP contribution in [0, 0.1) is 5.41 Å². The standard InChI is InChI=1S/C13H21NO2/c1-2-13(6-8-14-9-7-13)12(15)11-5-3-4-10-16-11/h5,14H,2-4,6-10H2,1H3. The van der Waals surface area contributed by atoms with Crippen LogP contribution in [0.2, 0.25) is 0 Å². The lowest BCUT2D eigenvalue weighted by molar-refractivity contribution is -0.130. The van der Waals surface area contributed by atoms with Crippen molar-refractivity contribution in [2.75, 3.05) is 19.7 Å². The molecule has 0 bridgehead atoms. The minimum atomic E-state index is -0.158. The second-order valence-electron chi connectivity index (χ2n) is 4.77. The van der Waals surface area contributed by atoms with Gasteiger partial charge in [0.2, 0.25) is 5.78 Å². The molecule has 1 N–H and O–H groups in total. The molecule has 0 atom stereocenters. The normalized spacial score (nSPS) is 24.4. The van der Waals surface area contributed by atoms with Crippen LogP contribution in [0.3, 0.4) is 0 Å². The second kappa shape index (κ2) is 5.00. The van der Waals surface area contributed by atoms with Crippen molar-refractivity contribution in [1.29, 1.82) is 0 Å². The Hall–Kier alpha value is -0.830. The highest BCUT2D eigenvalue weighted by molar-refractivity contribution is 5.98. The topological polar surface area (TPSA) is 38.3 Å². The summed E-state index contributed by atoms with van der Waals surface area (Å²) in [4.78, 5) is 12.5. The zero-order valence-corrected chi connectivity index (χ0v) is 10.1. The molecule has 0 aromatic carbocycles. The van der Waals surface area contributed by atoms with E-state index in [4.69, 9.17) is 4.74 Å². The third kappa shape index (κ3) is 2.14. The highest BCUT2D eigenvalue weighted by Crippen LogP contribution is 2.36. The highest BCUT2D eigenvalue weighted by atomic mass is 16.5. The van der Waals surface area contributed by atoms with Crippen LogP contribution in [0.25, 0.3) is 0 Å². The van der Waals surface area contributed by atoms with Gasteiger partial charge in [0.05, 0.1) is 6.61 Å². The number of hydrogen-bond acceptors (Lipinski definition) is 3. The van der Waals surface area contributed by atoms with Crippen molar-refractivity contribution < 1.29 is 9.53 Å². The first-order valence-electron chi connectivity index (χ1n) is 6.37. The zero-order chi connectivity index (χ0) is 11.4. The van der Waals surface area contributed by atoms with Gasteiger partial charge >= 0.3 is 0 Å². The summed E-state index contributed by atoms with van der Waals surface area (Å²) in [6.45, 7) is 4.72. The maximum Gasteiger partial charge on any atom is 0.203 e. The quantitative estimate of drug-likeness (QED) is 0.795. The van der Waals surface area contributed by atoms with Gasteiger partial charge in [0.15, 0.2) is 5.76 Å². The van der Waals surface area contributed by atoms with E-state index < -0.39 is 0 Å². The Balaban J connectivity index is 2.13. The van der Waals surface area contributed by atoms with Crippen molar-refractivity contribution in [3.63, 3.8) is 0 Å². The van der Waals surface area contributed by atoms with E-state index >= 15 is 0 Å². The van der Waals surface area contributed by atoms with Crippen molar-refractivity contribution in [3.05, 3.63) is 11.8 Å². The third-order valence-corrected chi connectivity index (χ3v) is 3.88. The maximum atomic E-state index is 12.5. The monoisotopic (exact) mass is 223 g/mol. The van der Waals surface area contributed by atoms with E-state index in [2.05, 4.69) is 12.2 Å². The van der Waals surface area contributed by atoms with E-state index in [-0.39, 0.29) is 11.2 Å². The molecule has 1 fully saturated rings. The van der Waals surface area contributed by atoms with Gasteiger partial charge in [-0.25, -0.2) is 0 Å². The molecule has 2 rings (SSSR count). The fourth-order valence-electron chi connectivity index (χ4n) is 2.62. The number of piperidine rings is 1. The van der Waals surface area contributed by atoms with Gasteiger partial charge < -0.3 is 10.1 Å². The van der Waals surface area contributed by atoms with E-state index in [9.17, 15) is 4.79 Å². The van der Waals surface area contributed by atoms with Gasteiger partial charge in [-0.05, 0) is 51.3 Å². The molecule has 2 heterocycles. The van der Waals surface area contributed by atoms with Crippen LogP contribution in [0.5, 0.6) is 0 Å². The van der Waals surface area contributed by atoms with Crippen LogP contribution in [-0.4, -0.2) is 25.5 Å². The van der Waals surface area contributed by atoms with Crippen LogP contribution in [-0.2, 0) is 9.53 Å². The van der Waals surface area contributed by atoms with Crippen molar-refractivity contribution in [3.8, 4) is 0 Å². The molecule has 2 aliphatic heterocycles. The molecule has 3 heteroatoms. The van der Waals surface area contributed by atoms with E-state index in [1.807, 2.05) is 6.08 Å². The van der Waals surface area contributed by atoms with Crippen molar-refractivity contribution in [2.45, 2.75) is 39.0 Å². The van der Waals surface area contributed by atoms with Crippen molar-refractivity contribution >= 4 is 5.78 Å². The molecule has 0 aliphatic carbocycles. The number of allylic oxidation sites excluding steroid dienone is 2. The summed E-state index contributed by atoms with van der Waals surface area (Å²) in [5.41, 5.74) is -0.158. The number of carbonyl (C=O) groups is 1. The summed E-state index contributed by atoms with van der Waals surface area (Å²) in [6, 6.07) is 0. The zero-order valence-electron chi connectivity index (χ0n) is 10.1. The Morgan fingerprint density at radius 1 is 1.50 bits per heavy atom. The number of ketones is 1. The van der Waals surface area contributed by atoms with E-state index in [0.29, 0.717) is 12.4 Å². The largest absolute Gasteiger partial charge is 0.490 e. The fraction of sp³-hybridized carbons (Fsp3) is 0.769. The van der Waals surface area contributed by atoms with Crippen molar-refractivity contribution in [2.24, 2.45) is 5.41 Å². The van der Waals surface area contributed by atoms with Crippen LogP contribution in [0.4, 0.5) is 0 Å². The molecule has 0 unspecified atom stereocenters. The molecular weight excluding hydrogens is 202 g/mol. The molecule has 0 radical (unpaired) electrons. The maximum absolute atomic E-state index is 12.5. The minimum absolute atomic E-state index is 0.158. The molecule has 16 heavy (non-hydrogen) atoms. The molecule has 0 spiro atoms. The second-order valence-corrected chi connectivity index (χ2v) is 4.77. The Kier molecular flexibility index (Phi) is 3.64. The molecule has 2 aliphatic rings. The minimum Gasteiger partial charge on any atom is -0.490 e. The van der Waals surface area contributed by atoms with Gasteiger partial charge in [-0.3, -0.25) is 4.79 Å². The van der Waals surface area contributed by atoms with E-state index in [1.165, 1.54) is 0 Å². The Bertz CT molecular complexity index is 290. The SMILES string of the molecule is CCC1(C(=O)C2=CCCCO2)CCNCC1. The van der Waals surface area contributed by atoms with E-state index in [1.54, 1.807) is 0 Å². The number of nitrogens with one attached hydrogen (secondary N) is 1. The van der Waals surface area contributed by atoms with Gasteiger partial charge in [0, 0.05) is 5.41 Å². The molecule has 0 aromatic rings. The lowest BCUT2D eigenvalue weighted by Gasteiger charge is -2.36. The number of ether oxygens (including phenoxy) is 1. The van der Waals surface area contributed by atoms with Gasteiger partial charge in [-0.1, -0.05) is 6.92 Å². The first kappa shape index (κ1) is 11.6. The lowest BCUT2D eigenvalue weighted by atomic mass is 9.72. The number of hydrogen-bond donors (Lipinski definition) is 1. The molecule has 3 nitrogen and oxygen atoms in total. The summed E-state index contributed by atoms with van der Waals surface area (Å²) in [6.07, 6.45) is 6.82. The molecule has 0 amide bonds. The van der Waals surface area contributed by atoms with Crippen molar-refractivity contribution in [1.82, 2.24) is 5.32 Å². The molecule has 90 valence electrons. The number of carbonyl (C=O) groups excluding carboxylic acids is 1. The summed E-state index contributed by atoms with van der Waals surface area (Å²) >= 11 is 0. The number of Topliss-reactive ketones (excluding diaryl/α,β-unsaturated/α-hetero) is 1.